The first-order valence-electron chi connectivity index (χ1n) is 6.94. The van der Waals surface area contributed by atoms with Crippen molar-refractivity contribution in [1.29, 1.82) is 5.26 Å². The molecule has 0 N–H and O–H groups in total. The van der Waals surface area contributed by atoms with Crippen LogP contribution in [0, 0.1) is 11.3 Å². The lowest BCUT2D eigenvalue weighted by molar-refractivity contribution is 0.183. The van der Waals surface area contributed by atoms with Crippen LogP contribution >= 0.6 is 22.6 Å². The molecule has 0 radical (unpaired) electrons. The number of likely N-dealkylation sites (tertiary alicyclic amines) is 1. The van der Waals surface area contributed by atoms with E-state index in [0.717, 1.165) is 36.8 Å². The highest BCUT2D eigenvalue weighted by Gasteiger charge is 2.23. The van der Waals surface area contributed by atoms with Crippen LogP contribution < -0.4 is 0 Å². The van der Waals surface area contributed by atoms with Crippen molar-refractivity contribution in [1.82, 2.24) is 14.7 Å². The van der Waals surface area contributed by atoms with Gasteiger partial charge in [-0.3, -0.25) is 9.58 Å². The van der Waals surface area contributed by atoms with Gasteiger partial charge in [0.15, 0.2) is 0 Å². The molecule has 0 bridgehead atoms. The van der Waals surface area contributed by atoms with Gasteiger partial charge in [0.2, 0.25) is 0 Å². The van der Waals surface area contributed by atoms with Gasteiger partial charge in [-0.1, -0.05) is 22.6 Å². The standard InChI is InChI=1S/C15H17IN4/c1-11(16)19-6-4-14(5-7-19)20-15-3-2-12(9-17)8-13(15)10-18-20/h2-3,8,10-11,14H,4-7H2,1H3. The first-order valence-corrected chi connectivity index (χ1v) is 8.19. The molecule has 1 atom stereocenters. The zero-order valence-electron chi connectivity index (χ0n) is 11.5. The smallest absolute Gasteiger partial charge is 0.0991 e. The number of hydrogen-bond donors (Lipinski definition) is 0. The summed E-state index contributed by atoms with van der Waals surface area (Å²) in [5, 5.41) is 14.6. The Hall–Kier alpha value is -1.13. The van der Waals surface area contributed by atoms with Crippen LogP contribution in [0.25, 0.3) is 10.9 Å². The maximum absolute atomic E-state index is 8.95. The van der Waals surface area contributed by atoms with Gasteiger partial charge in [0.05, 0.1) is 33.4 Å². The molecule has 1 aliphatic heterocycles. The molecule has 1 saturated heterocycles. The minimum atomic E-state index is 0.479. The monoisotopic (exact) mass is 380 g/mol. The number of piperidine rings is 1. The molecule has 0 amide bonds. The van der Waals surface area contributed by atoms with Gasteiger partial charge in [-0.15, -0.1) is 0 Å². The number of nitrogens with zero attached hydrogens (tertiary/aromatic N) is 4. The predicted molar refractivity (Wildman–Crippen MR) is 87.8 cm³/mol. The van der Waals surface area contributed by atoms with Crippen molar-refractivity contribution in [3.63, 3.8) is 0 Å². The van der Waals surface area contributed by atoms with Gasteiger partial charge in [-0.2, -0.15) is 10.4 Å². The first kappa shape index (κ1) is 13.8. The second kappa shape index (κ2) is 5.70. The van der Waals surface area contributed by atoms with Crippen molar-refractivity contribution in [2.24, 2.45) is 0 Å². The van der Waals surface area contributed by atoms with E-state index in [1.54, 1.807) is 0 Å². The topological polar surface area (TPSA) is 44.9 Å². The van der Waals surface area contributed by atoms with Crippen LogP contribution in [0.3, 0.4) is 0 Å². The Morgan fingerprint density at radius 1 is 1.40 bits per heavy atom. The normalized spacial score (nSPS) is 19.1. The molecule has 3 rings (SSSR count). The molecule has 104 valence electrons. The fourth-order valence-corrected chi connectivity index (χ4v) is 3.46. The Balaban J connectivity index is 1.83. The largest absolute Gasteiger partial charge is 0.292 e. The molecule has 1 fully saturated rings. The Bertz CT molecular complexity index is 647. The molecular weight excluding hydrogens is 363 g/mol. The van der Waals surface area contributed by atoms with E-state index in [0.29, 0.717) is 15.7 Å². The van der Waals surface area contributed by atoms with Gasteiger partial charge < -0.3 is 0 Å². The summed E-state index contributed by atoms with van der Waals surface area (Å²) >= 11 is 2.48. The maximum atomic E-state index is 8.95. The summed E-state index contributed by atoms with van der Waals surface area (Å²) in [6.07, 6.45) is 4.16. The third-order valence-corrected chi connectivity index (χ3v) is 4.86. The number of fused-ring (bicyclic) bond motifs is 1. The minimum absolute atomic E-state index is 0.479. The zero-order chi connectivity index (χ0) is 14.1. The summed E-state index contributed by atoms with van der Waals surface area (Å²) in [5.41, 5.74) is 1.84. The summed E-state index contributed by atoms with van der Waals surface area (Å²) in [7, 11) is 0. The lowest BCUT2D eigenvalue weighted by Gasteiger charge is -2.34. The van der Waals surface area contributed by atoms with Crippen molar-refractivity contribution in [3.05, 3.63) is 30.0 Å². The fourth-order valence-electron chi connectivity index (χ4n) is 2.90. The number of alkyl halides is 1. The second-order valence-corrected chi connectivity index (χ2v) is 7.12. The summed E-state index contributed by atoms with van der Waals surface area (Å²) in [5.74, 6) is 0. The fraction of sp³-hybridized carbons (Fsp3) is 0.467. The number of nitriles is 1. The van der Waals surface area contributed by atoms with Gasteiger partial charge >= 0.3 is 0 Å². The molecule has 5 heteroatoms. The highest BCUT2D eigenvalue weighted by Crippen LogP contribution is 2.28. The van der Waals surface area contributed by atoms with Crippen LogP contribution in [0.2, 0.25) is 0 Å². The van der Waals surface area contributed by atoms with Crippen LogP contribution in [-0.2, 0) is 0 Å². The van der Waals surface area contributed by atoms with E-state index < -0.39 is 0 Å². The number of rotatable bonds is 2. The Kier molecular flexibility index (Phi) is 3.94. The van der Waals surface area contributed by atoms with Gasteiger partial charge in [0, 0.05) is 18.5 Å². The van der Waals surface area contributed by atoms with Crippen molar-refractivity contribution in [2.75, 3.05) is 13.1 Å². The van der Waals surface area contributed by atoms with Crippen LogP contribution in [0.5, 0.6) is 0 Å². The average molecular weight is 380 g/mol. The maximum Gasteiger partial charge on any atom is 0.0991 e. The molecule has 0 aliphatic carbocycles. The number of aromatic nitrogens is 2. The quantitative estimate of drug-likeness (QED) is 0.456. The molecule has 1 unspecified atom stereocenters. The molecule has 1 aromatic carbocycles. The first-order chi connectivity index (χ1) is 9.69. The lowest BCUT2D eigenvalue weighted by Crippen LogP contribution is -2.37. The number of halogens is 1. The van der Waals surface area contributed by atoms with E-state index >= 15 is 0 Å². The third kappa shape index (κ3) is 2.54. The molecule has 0 saturated carbocycles. The van der Waals surface area contributed by atoms with Crippen LogP contribution in [-0.4, -0.2) is 31.8 Å². The summed E-state index contributed by atoms with van der Waals surface area (Å²) in [6.45, 7) is 4.51. The van der Waals surface area contributed by atoms with Gasteiger partial charge in [-0.25, -0.2) is 0 Å². The Labute approximate surface area is 132 Å². The molecule has 0 spiro atoms. The third-order valence-electron chi connectivity index (χ3n) is 4.07. The van der Waals surface area contributed by atoms with E-state index in [-0.39, 0.29) is 0 Å². The van der Waals surface area contributed by atoms with Crippen molar-refractivity contribution >= 4 is 33.5 Å². The number of benzene rings is 1. The summed E-state index contributed by atoms with van der Waals surface area (Å²) < 4.78 is 2.74. The van der Waals surface area contributed by atoms with E-state index in [9.17, 15) is 0 Å². The summed E-state index contributed by atoms with van der Waals surface area (Å²) in [6, 6.07) is 8.48. The SMILES string of the molecule is CC(I)N1CCC(n2ncc3cc(C#N)ccc32)CC1. The zero-order valence-corrected chi connectivity index (χ0v) is 13.6. The number of hydrogen-bond acceptors (Lipinski definition) is 3. The summed E-state index contributed by atoms with van der Waals surface area (Å²) in [4.78, 5) is 2.51. The minimum Gasteiger partial charge on any atom is -0.292 e. The molecule has 2 aromatic rings. The van der Waals surface area contributed by atoms with Crippen LogP contribution in [0.4, 0.5) is 0 Å². The molecule has 2 heterocycles. The Morgan fingerprint density at radius 2 is 2.15 bits per heavy atom. The molecule has 1 aliphatic rings. The molecule has 4 nitrogen and oxygen atoms in total. The Morgan fingerprint density at radius 3 is 2.80 bits per heavy atom. The van der Waals surface area contributed by atoms with Crippen molar-refractivity contribution in [2.45, 2.75) is 29.9 Å². The van der Waals surface area contributed by atoms with E-state index in [1.807, 2.05) is 24.4 Å². The van der Waals surface area contributed by atoms with Crippen LogP contribution in [0.15, 0.2) is 24.4 Å². The molecular formula is C15H17IN4. The average Bonchev–Trinajstić information content (AvgIpc) is 2.90. The highest BCUT2D eigenvalue weighted by atomic mass is 127. The van der Waals surface area contributed by atoms with Crippen LogP contribution in [0.1, 0.15) is 31.4 Å². The van der Waals surface area contributed by atoms with Gasteiger partial charge in [0.25, 0.3) is 0 Å². The van der Waals surface area contributed by atoms with E-state index in [1.165, 1.54) is 0 Å². The highest BCUT2D eigenvalue weighted by molar-refractivity contribution is 14.1. The second-order valence-electron chi connectivity index (χ2n) is 5.32. The van der Waals surface area contributed by atoms with E-state index in [2.05, 4.69) is 50.3 Å². The van der Waals surface area contributed by atoms with E-state index in [4.69, 9.17) is 5.26 Å². The lowest BCUT2D eigenvalue weighted by atomic mass is 10.0. The molecule has 20 heavy (non-hydrogen) atoms. The predicted octanol–water partition coefficient (Wildman–Crippen LogP) is 3.33. The van der Waals surface area contributed by atoms with Gasteiger partial charge in [-0.05, 0) is 38.0 Å². The van der Waals surface area contributed by atoms with Crippen molar-refractivity contribution in [3.8, 4) is 6.07 Å². The van der Waals surface area contributed by atoms with Crippen molar-refractivity contribution < 1.29 is 0 Å². The molecule has 1 aromatic heterocycles. The van der Waals surface area contributed by atoms with Gasteiger partial charge in [0.1, 0.15) is 0 Å².